The van der Waals surface area contributed by atoms with E-state index in [1.54, 1.807) is 6.07 Å². The Morgan fingerprint density at radius 1 is 1.69 bits per heavy atom. The molecule has 0 unspecified atom stereocenters. The van der Waals surface area contributed by atoms with Crippen molar-refractivity contribution in [1.82, 2.24) is 0 Å². The standard InChI is InChI=1S/C8H12N2O3/c1-2-3-6(9)7-4-5-8(13-7)10(11)12/h4-6H,2-3,9H2,1H3/t6-/m0/s1. The van der Waals surface area contributed by atoms with Crippen LogP contribution in [0.3, 0.4) is 0 Å². The smallest absolute Gasteiger partial charge is 0.404 e. The third-order valence-electron chi connectivity index (χ3n) is 1.76. The summed E-state index contributed by atoms with van der Waals surface area (Å²) >= 11 is 0. The summed E-state index contributed by atoms with van der Waals surface area (Å²) in [5.74, 6) is 0.232. The lowest BCUT2D eigenvalue weighted by Gasteiger charge is -2.04. The van der Waals surface area contributed by atoms with Crippen molar-refractivity contribution in [3.8, 4) is 0 Å². The van der Waals surface area contributed by atoms with Crippen molar-refractivity contribution in [1.29, 1.82) is 0 Å². The summed E-state index contributed by atoms with van der Waals surface area (Å²) in [7, 11) is 0. The van der Waals surface area contributed by atoms with Crippen LogP contribution in [0.25, 0.3) is 0 Å². The van der Waals surface area contributed by atoms with Crippen molar-refractivity contribution in [3.05, 3.63) is 28.0 Å². The van der Waals surface area contributed by atoms with E-state index >= 15 is 0 Å². The zero-order valence-corrected chi connectivity index (χ0v) is 7.40. The molecule has 72 valence electrons. The summed E-state index contributed by atoms with van der Waals surface area (Å²) in [6.07, 6.45) is 1.69. The minimum atomic E-state index is -0.567. The van der Waals surface area contributed by atoms with Crippen molar-refractivity contribution in [2.45, 2.75) is 25.8 Å². The molecule has 0 saturated heterocycles. The lowest BCUT2D eigenvalue weighted by Crippen LogP contribution is -2.08. The van der Waals surface area contributed by atoms with Crippen molar-refractivity contribution < 1.29 is 9.34 Å². The van der Waals surface area contributed by atoms with Gasteiger partial charge in [-0.3, -0.25) is 10.1 Å². The fraction of sp³-hybridized carbons (Fsp3) is 0.500. The molecule has 1 heterocycles. The van der Waals surface area contributed by atoms with E-state index in [2.05, 4.69) is 0 Å². The Bertz CT molecular complexity index is 295. The molecule has 0 radical (unpaired) electrons. The Morgan fingerprint density at radius 2 is 2.38 bits per heavy atom. The number of hydrogen-bond acceptors (Lipinski definition) is 4. The van der Waals surface area contributed by atoms with Crippen LogP contribution in [-0.2, 0) is 0 Å². The molecular formula is C8H12N2O3. The van der Waals surface area contributed by atoms with E-state index in [4.69, 9.17) is 10.2 Å². The molecule has 0 aliphatic carbocycles. The van der Waals surface area contributed by atoms with E-state index in [9.17, 15) is 10.1 Å². The summed E-state index contributed by atoms with van der Waals surface area (Å²) in [6.45, 7) is 2.00. The lowest BCUT2D eigenvalue weighted by atomic mass is 10.1. The highest BCUT2D eigenvalue weighted by atomic mass is 16.6. The first kappa shape index (κ1) is 9.73. The first-order chi connectivity index (χ1) is 6.15. The molecule has 5 nitrogen and oxygen atoms in total. The molecule has 1 aromatic rings. The van der Waals surface area contributed by atoms with E-state index in [0.29, 0.717) is 5.76 Å². The maximum Gasteiger partial charge on any atom is 0.433 e. The first-order valence-corrected chi connectivity index (χ1v) is 4.15. The largest absolute Gasteiger partial charge is 0.433 e. The molecule has 1 aromatic heterocycles. The molecule has 0 aliphatic heterocycles. The average Bonchev–Trinajstić information content (AvgIpc) is 2.52. The van der Waals surface area contributed by atoms with Gasteiger partial charge in [0.1, 0.15) is 10.7 Å². The summed E-state index contributed by atoms with van der Waals surface area (Å²) < 4.78 is 4.94. The van der Waals surface area contributed by atoms with Gasteiger partial charge in [-0.25, -0.2) is 0 Å². The molecule has 5 heteroatoms. The molecule has 0 spiro atoms. The maximum atomic E-state index is 10.3. The molecule has 1 atom stereocenters. The van der Waals surface area contributed by atoms with Gasteiger partial charge in [0.05, 0.1) is 12.1 Å². The van der Waals surface area contributed by atoms with Crippen LogP contribution in [0.1, 0.15) is 31.6 Å². The van der Waals surface area contributed by atoms with Crippen LogP contribution in [-0.4, -0.2) is 4.92 Å². The van der Waals surface area contributed by atoms with Gasteiger partial charge in [0.2, 0.25) is 0 Å². The second kappa shape index (κ2) is 4.04. The Morgan fingerprint density at radius 3 is 2.85 bits per heavy atom. The van der Waals surface area contributed by atoms with Gasteiger partial charge < -0.3 is 10.2 Å². The van der Waals surface area contributed by atoms with Crippen LogP contribution < -0.4 is 5.73 Å². The normalized spacial score (nSPS) is 12.8. The number of nitro groups is 1. The van der Waals surface area contributed by atoms with Gasteiger partial charge in [-0.1, -0.05) is 13.3 Å². The van der Waals surface area contributed by atoms with Crippen molar-refractivity contribution in [3.63, 3.8) is 0 Å². The van der Waals surface area contributed by atoms with Crippen LogP contribution in [0.15, 0.2) is 16.5 Å². The molecule has 0 saturated carbocycles. The van der Waals surface area contributed by atoms with E-state index in [-0.39, 0.29) is 11.9 Å². The van der Waals surface area contributed by atoms with Crippen LogP contribution in [0.5, 0.6) is 0 Å². The predicted octanol–water partition coefficient (Wildman–Crippen LogP) is 1.99. The van der Waals surface area contributed by atoms with E-state index in [1.807, 2.05) is 6.92 Å². The molecular weight excluding hydrogens is 172 g/mol. The summed E-state index contributed by atoms with van der Waals surface area (Å²) in [5, 5.41) is 10.3. The van der Waals surface area contributed by atoms with Crippen molar-refractivity contribution >= 4 is 5.88 Å². The highest BCUT2D eigenvalue weighted by molar-refractivity contribution is 5.19. The third-order valence-corrected chi connectivity index (χ3v) is 1.76. The minimum absolute atomic E-state index is 0.237. The van der Waals surface area contributed by atoms with Crippen molar-refractivity contribution in [2.24, 2.45) is 5.73 Å². The fourth-order valence-electron chi connectivity index (χ4n) is 1.09. The molecule has 2 N–H and O–H groups in total. The van der Waals surface area contributed by atoms with Gasteiger partial charge in [-0.15, -0.1) is 0 Å². The van der Waals surface area contributed by atoms with Gasteiger partial charge in [0.15, 0.2) is 0 Å². The zero-order chi connectivity index (χ0) is 9.84. The number of nitrogens with zero attached hydrogens (tertiary/aromatic N) is 1. The molecule has 0 aromatic carbocycles. The van der Waals surface area contributed by atoms with Crippen molar-refractivity contribution in [2.75, 3.05) is 0 Å². The highest BCUT2D eigenvalue weighted by Gasteiger charge is 2.15. The second-order valence-electron chi connectivity index (χ2n) is 2.83. The Balaban J connectivity index is 2.73. The van der Waals surface area contributed by atoms with Gasteiger partial charge in [0.25, 0.3) is 0 Å². The maximum absolute atomic E-state index is 10.3. The number of furan rings is 1. The van der Waals surface area contributed by atoms with E-state index in [0.717, 1.165) is 12.8 Å². The topological polar surface area (TPSA) is 82.3 Å². The van der Waals surface area contributed by atoms with Crippen LogP contribution >= 0.6 is 0 Å². The summed E-state index contributed by atoms with van der Waals surface area (Å²) in [6, 6.07) is 2.64. The minimum Gasteiger partial charge on any atom is -0.404 e. The predicted molar refractivity (Wildman–Crippen MR) is 47.2 cm³/mol. The monoisotopic (exact) mass is 184 g/mol. The molecule has 13 heavy (non-hydrogen) atoms. The average molecular weight is 184 g/mol. The van der Waals surface area contributed by atoms with Gasteiger partial charge >= 0.3 is 5.88 Å². The number of rotatable bonds is 4. The van der Waals surface area contributed by atoms with Gasteiger partial charge in [-0.05, 0) is 12.5 Å². The zero-order valence-electron chi connectivity index (χ0n) is 7.40. The van der Waals surface area contributed by atoms with Crippen LogP contribution in [0.2, 0.25) is 0 Å². The Labute approximate surface area is 75.7 Å². The number of nitrogens with two attached hydrogens (primary N) is 1. The first-order valence-electron chi connectivity index (χ1n) is 4.15. The third kappa shape index (κ3) is 2.29. The van der Waals surface area contributed by atoms with E-state index in [1.165, 1.54) is 6.07 Å². The molecule has 0 aliphatic rings. The molecule has 0 amide bonds. The van der Waals surface area contributed by atoms with Gasteiger partial charge in [-0.2, -0.15) is 0 Å². The van der Waals surface area contributed by atoms with Gasteiger partial charge in [0, 0.05) is 0 Å². The fourth-order valence-corrected chi connectivity index (χ4v) is 1.09. The lowest BCUT2D eigenvalue weighted by molar-refractivity contribution is -0.402. The second-order valence-corrected chi connectivity index (χ2v) is 2.83. The SMILES string of the molecule is CCC[C@H](N)c1ccc([N+](=O)[O-])o1. The van der Waals surface area contributed by atoms with Crippen LogP contribution in [0, 0.1) is 10.1 Å². The molecule has 1 rings (SSSR count). The summed E-state index contributed by atoms with van der Waals surface area (Å²) in [5.41, 5.74) is 5.70. The molecule has 0 fully saturated rings. The quantitative estimate of drug-likeness (QED) is 0.573. The number of hydrogen-bond donors (Lipinski definition) is 1. The Kier molecular flexibility index (Phi) is 3.02. The van der Waals surface area contributed by atoms with Crippen LogP contribution in [0.4, 0.5) is 5.88 Å². The summed E-state index contributed by atoms with van der Waals surface area (Å²) in [4.78, 5) is 9.70. The highest BCUT2D eigenvalue weighted by Crippen LogP contribution is 2.22. The van der Waals surface area contributed by atoms with E-state index < -0.39 is 4.92 Å². The molecule has 0 bridgehead atoms. The Hall–Kier alpha value is -1.36.